The van der Waals surface area contributed by atoms with Crippen LogP contribution in [0.2, 0.25) is 5.02 Å². The Morgan fingerprint density at radius 1 is 1.28 bits per heavy atom. The molecule has 2 aromatic rings. The molecule has 0 heterocycles. The Kier molecular flexibility index (Phi) is 5.28. The van der Waals surface area contributed by atoms with Crippen LogP contribution in [0.4, 0.5) is 4.39 Å². The van der Waals surface area contributed by atoms with Crippen LogP contribution in [-0.4, -0.2) is 5.97 Å². The molecule has 0 N–H and O–H groups in total. The van der Waals surface area contributed by atoms with Gasteiger partial charge in [0.15, 0.2) is 11.6 Å². The van der Waals surface area contributed by atoms with Crippen LogP contribution in [0.15, 0.2) is 30.3 Å². The second-order valence-electron chi connectivity index (χ2n) is 6.25. The Hall–Kier alpha value is -2.07. The van der Waals surface area contributed by atoms with Crippen molar-refractivity contribution < 1.29 is 18.7 Å². The number of halogens is 2. The van der Waals surface area contributed by atoms with Crippen molar-refractivity contribution in [1.29, 1.82) is 0 Å². The van der Waals surface area contributed by atoms with Gasteiger partial charge >= 0.3 is 5.97 Å². The lowest BCUT2D eigenvalue weighted by Crippen LogP contribution is -2.10. The lowest BCUT2D eigenvalue weighted by atomic mass is 10.0. The molecule has 1 saturated carbocycles. The first kappa shape index (κ1) is 17.7. The number of ether oxygens (including phenoxy) is 2. The minimum absolute atomic E-state index is 0.0916. The molecule has 0 aromatic heterocycles. The second kappa shape index (κ2) is 7.44. The van der Waals surface area contributed by atoms with E-state index in [0.717, 1.165) is 24.0 Å². The highest BCUT2D eigenvalue weighted by molar-refractivity contribution is 6.31. The number of esters is 1. The monoisotopic (exact) mass is 362 g/mol. The minimum atomic E-state index is -0.460. The molecule has 1 aliphatic rings. The van der Waals surface area contributed by atoms with Crippen LogP contribution < -0.4 is 9.47 Å². The number of benzene rings is 2. The number of hydrogen-bond acceptors (Lipinski definition) is 3. The lowest BCUT2D eigenvalue weighted by Gasteiger charge is -2.16. The molecule has 3 rings (SSSR count). The molecule has 5 heteroatoms. The van der Waals surface area contributed by atoms with Gasteiger partial charge in [-0.25, -0.2) is 4.39 Å². The summed E-state index contributed by atoms with van der Waals surface area (Å²) in [6, 6.07) is 8.46. The molecule has 0 atom stereocenters. The second-order valence-corrected chi connectivity index (χ2v) is 6.65. The fourth-order valence-corrected chi connectivity index (χ4v) is 2.85. The van der Waals surface area contributed by atoms with E-state index in [1.54, 1.807) is 19.9 Å². The molecule has 0 bridgehead atoms. The molecule has 3 nitrogen and oxygen atoms in total. The first-order valence-corrected chi connectivity index (χ1v) is 8.78. The number of carbonyl (C=O) groups is 1. The van der Waals surface area contributed by atoms with Gasteiger partial charge < -0.3 is 9.47 Å². The highest BCUT2D eigenvalue weighted by Gasteiger charge is 2.28. The molecule has 132 valence electrons. The lowest BCUT2D eigenvalue weighted by molar-refractivity contribution is -0.134. The maximum Gasteiger partial charge on any atom is 0.310 e. The SMILES string of the molecule is CCC(=O)Oc1cccc(C2CC2)c1COc1cc(Cl)c(C)cc1F. The quantitative estimate of drug-likeness (QED) is 0.498. The van der Waals surface area contributed by atoms with E-state index in [2.05, 4.69) is 0 Å². The van der Waals surface area contributed by atoms with Gasteiger partial charge in [-0.05, 0) is 48.9 Å². The summed E-state index contributed by atoms with van der Waals surface area (Å²) in [6.45, 7) is 3.60. The van der Waals surface area contributed by atoms with Gasteiger partial charge in [-0.15, -0.1) is 0 Å². The van der Waals surface area contributed by atoms with Crippen molar-refractivity contribution in [3.8, 4) is 11.5 Å². The molecule has 1 fully saturated rings. The zero-order chi connectivity index (χ0) is 18.0. The normalized spacial score (nSPS) is 13.6. The van der Waals surface area contributed by atoms with Crippen molar-refractivity contribution >= 4 is 17.6 Å². The smallest absolute Gasteiger partial charge is 0.310 e. The van der Waals surface area contributed by atoms with Crippen LogP contribution >= 0.6 is 11.6 Å². The van der Waals surface area contributed by atoms with Crippen molar-refractivity contribution in [3.05, 3.63) is 57.9 Å². The van der Waals surface area contributed by atoms with Crippen molar-refractivity contribution in [1.82, 2.24) is 0 Å². The van der Waals surface area contributed by atoms with Crippen molar-refractivity contribution in [2.75, 3.05) is 0 Å². The average molecular weight is 363 g/mol. The zero-order valence-electron chi connectivity index (χ0n) is 14.3. The number of rotatable bonds is 6. The molecular weight excluding hydrogens is 343 g/mol. The summed E-state index contributed by atoms with van der Waals surface area (Å²) in [7, 11) is 0. The summed E-state index contributed by atoms with van der Waals surface area (Å²) in [5.74, 6) is 0.255. The first-order valence-electron chi connectivity index (χ1n) is 8.40. The van der Waals surface area contributed by atoms with Crippen molar-refractivity contribution in [2.45, 2.75) is 45.6 Å². The summed E-state index contributed by atoms with van der Waals surface area (Å²) in [6.07, 6.45) is 2.49. The fourth-order valence-electron chi connectivity index (χ4n) is 2.69. The van der Waals surface area contributed by atoms with Gasteiger partial charge in [0.05, 0.1) is 0 Å². The summed E-state index contributed by atoms with van der Waals surface area (Å²) in [4.78, 5) is 11.7. The Morgan fingerprint density at radius 2 is 2.04 bits per heavy atom. The summed E-state index contributed by atoms with van der Waals surface area (Å²) >= 11 is 6.06. The van der Waals surface area contributed by atoms with Gasteiger partial charge in [-0.2, -0.15) is 0 Å². The maximum absolute atomic E-state index is 14.1. The molecule has 0 unspecified atom stereocenters. The first-order chi connectivity index (χ1) is 12.0. The molecule has 0 radical (unpaired) electrons. The molecule has 1 aliphatic carbocycles. The molecule has 2 aromatic carbocycles. The van der Waals surface area contributed by atoms with Crippen LogP contribution in [0.5, 0.6) is 11.5 Å². The summed E-state index contributed by atoms with van der Waals surface area (Å²) in [5, 5.41) is 0.449. The third-order valence-electron chi connectivity index (χ3n) is 4.28. The Labute approximate surface area is 151 Å². The largest absolute Gasteiger partial charge is 0.486 e. The van der Waals surface area contributed by atoms with E-state index in [4.69, 9.17) is 21.1 Å². The summed E-state index contributed by atoms with van der Waals surface area (Å²) in [5.41, 5.74) is 2.55. The zero-order valence-corrected chi connectivity index (χ0v) is 15.0. The van der Waals surface area contributed by atoms with E-state index in [1.807, 2.05) is 12.1 Å². The van der Waals surface area contributed by atoms with E-state index in [1.165, 1.54) is 12.1 Å². The summed E-state index contributed by atoms with van der Waals surface area (Å²) < 4.78 is 25.2. The van der Waals surface area contributed by atoms with Gasteiger partial charge in [0.1, 0.15) is 12.4 Å². The van der Waals surface area contributed by atoms with E-state index >= 15 is 0 Å². The van der Waals surface area contributed by atoms with Crippen molar-refractivity contribution in [2.24, 2.45) is 0 Å². The Bertz CT molecular complexity index is 800. The predicted molar refractivity (Wildman–Crippen MR) is 94.8 cm³/mol. The standard InChI is InChI=1S/C20H20ClFO3/c1-3-20(23)25-18-6-4-5-14(13-7-8-13)15(18)11-24-19-10-16(21)12(2)9-17(19)22/h4-6,9-10,13H,3,7-8,11H2,1-2H3. The van der Waals surface area contributed by atoms with Gasteiger partial charge in [-0.3, -0.25) is 4.79 Å². The van der Waals surface area contributed by atoms with Gasteiger partial charge in [0.25, 0.3) is 0 Å². The number of aryl methyl sites for hydroxylation is 1. The fraction of sp³-hybridized carbons (Fsp3) is 0.350. The molecule has 0 saturated heterocycles. The van der Waals surface area contributed by atoms with Crippen LogP contribution in [0.3, 0.4) is 0 Å². The van der Waals surface area contributed by atoms with Gasteiger partial charge in [0.2, 0.25) is 0 Å². The molecule has 0 spiro atoms. The van der Waals surface area contributed by atoms with E-state index < -0.39 is 5.82 Å². The van der Waals surface area contributed by atoms with Crippen LogP contribution in [0.25, 0.3) is 0 Å². The predicted octanol–water partition coefficient (Wildman–Crippen LogP) is 5.56. The van der Waals surface area contributed by atoms with Crippen LogP contribution in [-0.2, 0) is 11.4 Å². The van der Waals surface area contributed by atoms with E-state index in [0.29, 0.717) is 22.3 Å². The highest BCUT2D eigenvalue weighted by Crippen LogP contribution is 2.44. The van der Waals surface area contributed by atoms with E-state index in [9.17, 15) is 9.18 Å². The minimum Gasteiger partial charge on any atom is -0.486 e. The third kappa shape index (κ3) is 4.13. The number of carbonyl (C=O) groups excluding carboxylic acids is 1. The maximum atomic E-state index is 14.1. The number of hydrogen-bond donors (Lipinski definition) is 0. The van der Waals surface area contributed by atoms with Gasteiger partial charge in [-0.1, -0.05) is 30.7 Å². The molecular formula is C20H20ClFO3. The topological polar surface area (TPSA) is 35.5 Å². The Balaban J connectivity index is 1.88. The van der Waals surface area contributed by atoms with Crippen LogP contribution in [0.1, 0.15) is 48.8 Å². The van der Waals surface area contributed by atoms with Crippen molar-refractivity contribution in [3.63, 3.8) is 0 Å². The Morgan fingerprint density at radius 3 is 2.72 bits per heavy atom. The van der Waals surface area contributed by atoms with E-state index in [-0.39, 0.29) is 24.7 Å². The van der Waals surface area contributed by atoms with Crippen LogP contribution in [0, 0.1) is 12.7 Å². The molecule has 0 aliphatic heterocycles. The molecule has 0 amide bonds. The van der Waals surface area contributed by atoms with Gasteiger partial charge in [0, 0.05) is 23.1 Å². The average Bonchev–Trinajstić information content (AvgIpc) is 3.42. The molecule has 25 heavy (non-hydrogen) atoms. The third-order valence-corrected chi connectivity index (χ3v) is 4.69. The highest BCUT2D eigenvalue weighted by atomic mass is 35.5.